The average Bonchev–Trinajstić information content (AvgIpc) is 2.99. The number of nitrogens with one attached hydrogen (secondary N) is 1. The van der Waals surface area contributed by atoms with Gasteiger partial charge in [0, 0.05) is 33.6 Å². The molecule has 0 spiro atoms. The van der Waals surface area contributed by atoms with E-state index in [1.54, 1.807) is 13.0 Å². The van der Waals surface area contributed by atoms with Crippen LogP contribution in [0.5, 0.6) is 0 Å². The molecule has 3 aliphatic rings. The van der Waals surface area contributed by atoms with Crippen molar-refractivity contribution in [2.24, 2.45) is 0 Å². The number of benzene rings is 2. The summed E-state index contributed by atoms with van der Waals surface area (Å²) in [5, 5.41) is 4.63. The van der Waals surface area contributed by atoms with E-state index >= 15 is 0 Å². The molecule has 0 saturated heterocycles. The van der Waals surface area contributed by atoms with Crippen LogP contribution in [0.3, 0.4) is 0 Å². The van der Waals surface area contributed by atoms with Crippen LogP contribution >= 0.6 is 23.2 Å². The lowest BCUT2D eigenvalue weighted by atomic mass is 9.81. The zero-order chi connectivity index (χ0) is 19.4. The van der Waals surface area contributed by atoms with Crippen molar-refractivity contribution in [3.8, 4) is 0 Å². The van der Waals surface area contributed by atoms with Gasteiger partial charge >= 0.3 is 6.16 Å². The molecule has 1 N–H and O–H groups in total. The summed E-state index contributed by atoms with van der Waals surface area (Å²) in [5.74, 6) is -0.0212. The molecule has 1 aliphatic heterocycles. The number of ether oxygens (including phenoxy) is 2. The molecule has 0 fully saturated rings. The summed E-state index contributed by atoms with van der Waals surface area (Å²) in [7, 11) is 0. The minimum absolute atomic E-state index is 0.0212. The fourth-order valence-corrected chi connectivity index (χ4v) is 5.04. The van der Waals surface area contributed by atoms with Crippen LogP contribution in [0.1, 0.15) is 36.0 Å². The molecule has 2 atom stereocenters. The number of halogens is 2. The summed E-state index contributed by atoms with van der Waals surface area (Å²) in [6, 6.07) is 12.0. The van der Waals surface area contributed by atoms with Crippen molar-refractivity contribution in [1.82, 2.24) is 0 Å². The SMILES string of the molecule is CCOC(=O)OC1CC=C2C3=C1Nc1cc(Cl)cc(Cl)c1C3c1ccccc12. The second-order valence-corrected chi connectivity index (χ2v) is 7.81. The number of allylic oxidation sites excluding steroid dienone is 2. The molecule has 28 heavy (non-hydrogen) atoms. The van der Waals surface area contributed by atoms with Gasteiger partial charge in [-0.05, 0) is 41.3 Å². The minimum Gasteiger partial charge on any atom is -0.435 e. The molecule has 0 saturated carbocycles. The van der Waals surface area contributed by atoms with Crippen molar-refractivity contribution < 1.29 is 14.3 Å². The topological polar surface area (TPSA) is 47.6 Å². The smallest absolute Gasteiger partial charge is 0.435 e. The van der Waals surface area contributed by atoms with Gasteiger partial charge in [0.25, 0.3) is 0 Å². The summed E-state index contributed by atoms with van der Waals surface area (Å²) >= 11 is 12.9. The van der Waals surface area contributed by atoms with Crippen LogP contribution in [0.15, 0.2) is 53.7 Å². The molecule has 6 heteroatoms. The van der Waals surface area contributed by atoms with Gasteiger partial charge in [-0.15, -0.1) is 0 Å². The first-order valence-electron chi connectivity index (χ1n) is 9.21. The molecular weight excluding hydrogens is 397 g/mol. The van der Waals surface area contributed by atoms with Gasteiger partial charge < -0.3 is 14.8 Å². The Balaban J connectivity index is 1.69. The highest BCUT2D eigenvalue weighted by Crippen LogP contribution is 2.58. The third-order valence-corrected chi connectivity index (χ3v) is 5.97. The van der Waals surface area contributed by atoms with E-state index in [0.29, 0.717) is 16.5 Å². The normalized spacial score (nSPS) is 21.2. The quantitative estimate of drug-likeness (QED) is 0.599. The van der Waals surface area contributed by atoms with E-state index in [0.717, 1.165) is 22.5 Å². The van der Waals surface area contributed by atoms with Crippen molar-refractivity contribution in [2.45, 2.75) is 25.4 Å². The van der Waals surface area contributed by atoms with E-state index in [2.05, 4.69) is 23.5 Å². The van der Waals surface area contributed by atoms with Crippen LogP contribution in [0.25, 0.3) is 5.57 Å². The van der Waals surface area contributed by atoms with Gasteiger partial charge in [0.05, 0.1) is 12.3 Å². The van der Waals surface area contributed by atoms with Crippen LogP contribution in [0.2, 0.25) is 10.0 Å². The second-order valence-electron chi connectivity index (χ2n) is 6.96. The van der Waals surface area contributed by atoms with E-state index in [1.165, 1.54) is 16.7 Å². The number of anilines is 1. The third kappa shape index (κ3) is 2.55. The van der Waals surface area contributed by atoms with Gasteiger partial charge in [-0.2, -0.15) is 0 Å². The number of fused-ring (bicyclic) bond motifs is 5. The maximum absolute atomic E-state index is 12.0. The number of hydrogen-bond donors (Lipinski definition) is 1. The van der Waals surface area contributed by atoms with E-state index in [4.69, 9.17) is 32.7 Å². The molecule has 0 amide bonds. The first-order valence-corrected chi connectivity index (χ1v) is 9.97. The molecule has 2 unspecified atom stereocenters. The van der Waals surface area contributed by atoms with Crippen molar-refractivity contribution in [3.63, 3.8) is 0 Å². The maximum atomic E-state index is 12.0. The van der Waals surface area contributed by atoms with Crippen LogP contribution in [0, 0.1) is 0 Å². The summed E-state index contributed by atoms with van der Waals surface area (Å²) in [6.07, 6.45) is 1.60. The van der Waals surface area contributed by atoms with Crippen LogP contribution in [0.4, 0.5) is 10.5 Å². The largest absolute Gasteiger partial charge is 0.508 e. The molecule has 4 nitrogen and oxygen atoms in total. The van der Waals surface area contributed by atoms with Gasteiger partial charge in [-0.1, -0.05) is 53.5 Å². The highest BCUT2D eigenvalue weighted by atomic mass is 35.5. The fourth-order valence-electron chi connectivity index (χ4n) is 4.44. The average molecular weight is 414 g/mol. The van der Waals surface area contributed by atoms with Gasteiger partial charge in [0.15, 0.2) is 0 Å². The van der Waals surface area contributed by atoms with Gasteiger partial charge in [-0.3, -0.25) is 0 Å². The molecule has 1 heterocycles. The van der Waals surface area contributed by atoms with Gasteiger partial charge in [0.1, 0.15) is 6.10 Å². The summed E-state index contributed by atoms with van der Waals surface area (Å²) in [4.78, 5) is 12.0. The van der Waals surface area contributed by atoms with Crippen molar-refractivity contribution in [2.75, 3.05) is 11.9 Å². The van der Waals surface area contributed by atoms with Crippen molar-refractivity contribution >= 4 is 40.6 Å². The number of carbonyl (C=O) groups excluding carboxylic acids is 1. The molecule has 5 rings (SSSR count). The van der Waals surface area contributed by atoms with Crippen LogP contribution < -0.4 is 5.32 Å². The summed E-state index contributed by atoms with van der Waals surface area (Å²) < 4.78 is 10.6. The van der Waals surface area contributed by atoms with Crippen LogP contribution in [-0.4, -0.2) is 18.9 Å². The van der Waals surface area contributed by atoms with E-state index in [9.17, 15) is 4.79 Å². The minimum atomic E-state index is -0.666. The lowest BCUT2D eigenvalue weighted by molar-refractivity contribution is 0.0378. The summed E-state index contributed by atoms with van der Waals surface area (Å²) in [5.41, 5.74) is 7.38. The number of hydrogen-bond acceptors (Lipinski definition) is 4. The van der Waals surface area contributed by atoms with Crippen LogP contribution in [-0.2, 0) is 9.47 Å². The predicted molar refractivity (Wildman–Crippen MR) is 110 cm³/mol. The molecule has 0 aromatic heterocycles. The lowest BCUT2D eigenvalue weighted by Crippen LogP contribution is -2.31. The Labute approximate surface area is 172 Å². The summed E-state index contributed by atoms with van der Waals surface area (Å²) in [6.45, 7) is 2.03. The lowest BCUT2D eigenvalue weighted by Gasteiger charge is -2.34. The van der Waals surface area contributed by atoms with E-state index in [-0.39, 0.29) is 12.5 Å². The molecular formula is C22H17Cl2NO3. The molecule has 2 aromatic carbocycles. The predicted octanol–water partition coefficient (Wildman–Crippen LogP) is 6.15. The Morgan fingerprint density at radius 1 is 1.25 bits per heavy atom. The zero-order valence-corrected chi connectivity index (χ0v) is 16.6. The Hall–Kier alpha value is -2.43. The molecule has 0 bridgehead atoms. The monoisotopic (exact) mass is 413 g/mol. The maximum Gasteiger partial charge on any atom is 0.508 e. The highest BCUT2D eigenvalue weighted by molar-refractivity contribution is 6.36. The highest BCUT2D eigenvalue weighted by Gasteiger charge is 2.44. The number of carbonyl (C=O) groups is 1. The first-order chi connectivity index (χ1) is 13.6. The Kier molecular flexibility index (Phi) is 4.14. The fraction of sp³-hybridized carbons (Fsp3) is 0.227. The Bertz CT molecular complexity index is 1070. The van der Waals surface area contributed by atoms with E-state index in [1.807, 2.05) is 18.2 Å². The Morgan fingerprint density at radius 2 is 2.07 bits per heavy atom. The first kappa shape index (κ1) is 17.7. The zero-order valence-electron chi connectivity index (χ0n) is 15.1. The van der Waals surface area contributed by atoms with Gasteiger partial charge in [0.2, 0.25) is 0 Å². The second kappa shape index (κ2) is 6.57. The molecule has 142 valence electrons. The van der Waals surface area contributed by atoms with Crippen molar-refractivity contribution in [3.05, 3.63) is 80.5 Å². The number of rotatable bonds is 2. The standard InChI is InChI=1S/C22H17Cl2NO3/c1-2-27-22(26)28-17-8-7-14-12-5-3-4-6-13(12)18-19(14)21(17)25-16-10-11(23)9-15(24)20(16)18/h3-7,9-10,17-18,25H,2,8H2,1H3. The van der Waals surface area contributed by atoms with E-state index < -0.39 is 12.3 Å². The Morgan fingerprint density at radius 3 is 2.89 bits per heavy atom. The molecule has 0 radical (unpaired) electrons. The van der Waals surface area contributed by atoms with Gasteiger partial charge in [-0.25, -0.2) is 4.79 Å². The molecule has 2 aromatic rings. The third-order valence-electron chi connectivity index (χ3n) is 5.44. The molecule has 2 aliphatic carbocycles. The van der Waals surface area contributed by atoms with Crippen molar-refractivity contribution in [1.29, 1.82) is 0 Å².